The Bertz CT molecular complexity index is 1930. The van der Waals surface area contributed by atoms with E-state index in [1.807, 2.05) is 105 Å². The molecule has 6 nitrogen and oxygen atoms in total. The van der Waals surface area contributed by atoms with Gasteiger partial charge >= 0.3 is 0 Å². The maximum Gasteiger partial charge on any atom is 0.259 e. The number of para-hydroxylation sites is 2. The highest BCUT2D eigenvalue weighted by atomic mass is 16.3. The number of carbonyl (C=O) groups is 1. The Balaban J connectivity index is 1.55. The summed E-state index contributed by atoms with van der Waals surface area (Å²) in [7, 11) is 0. The summed E-state index contributed by atoms with van der Waals surface area (Å²) in [5, 5.41) is 26.9. The molecule has 0 aliphatic rings. The number of anilines is 1. The zero-order valence-corrected chi connectivity index (χ0v) is 21.6. The minimum Gasteiger partial charge on any atom is -0.505 e. The van der Waals surface area contributed by atoms with Crippen LogP contribution >= 0.6 is 0 Å². The van der Waals surface area contributed by atoms with Gasteiger partial charge in [-0.25, -0.2) is 0 Å². The minimum absolute atomic E-state index is 0.124. The third-order valence-electron chi connectivity index (χ3n) is 6.89. The van der Waals surface area contributed by atoms with Gasteiger partial charge in [-0.1, -0.05) is 72.8 Å². The van der Waals surface area contributed by atoms with Crippen LogP contribution in [0.4, 0.5) is 17.1 Å². The number of H-pyrrole nitrogens is 1. The number of aryl methyl sites for hydroxylation is 1. The predicted molar refractivity (Wildman–Crippen MR) is 159 cm³/mol. The van der Waals surface area contributed by atoms with Gasteiger partial charge in [0.15, 0.2) is 5.75 Å². The van der Waals surface area contributed by atoms with Crippen molar-refractivity contribution in [2.75, 3.05) is 5.32 Å². The summed E-state index contributed by atoms with van der Waals surface area (Å²) in [6, 6.07) is 28.9. The van der Waals surface area contributed by atoms with Crippen LogP contribution in [0.25, 0.3) is 38.7 Å². The number of nitrogens with one attached hydrogen (secondary N) is 2. The Hall–Kier alpha value is -5.23. The molecule has 6 rings (SSSR count). The van der Waals surface area contributed by atoms with Crippen molar-refractivity contribution in [3.05, 3.63) is 114 Å². The average Bonchev–Trinajstić information content (AvgIpc) is 3.33. The molecule has 0 unspecified atom stereocenters. The number of allylic oxidation sites excluding steroid dienone is 1. The summed E-state index contributed by atoms with van der Waals surface area (Å²) in [6.07, 6.45) is 3.98. The molecule has 0 saturated heterocycles. The molecule has 6 aromatic rings. The zero-order valence-electron chi connectivity index (χ0n) is 21.6. The first-order valence-corrected chi connectivity index (χ1v) is 12.7. The molecule has 0 atom stereocenters. The van der Waals surface area contributed by atoms with Crippen LogP contribution in [0.1, 0.15) is 28.4 Å². The molecule has 0 aliphatic heterocycles. The lowest BCUT2D eigenvalue weighted by Gasteiger charge is -2.13. The number of phenols is 1. The van der Waals surface area contributed by atoms with Crippen LogP contribution in [0.15, 0.2) is 107 Å². The topological polar surface area (TPSA) is 89.8 Å². The van der Waals surface area contributed by atoms with Crippen LogP contribution in [0.3, 0.4) is 0 Å². The van der Waals surface area contributed by atoms with Crippen LogP contribution in [0.2, 0.25) is 0 Å². The first-order valence-electron chi connectivity index (χ1n) is 12.7. The molecule has 5 aromatic carbocycles. The van der Waals surface area contributed by atoms with Crippen molar-refractivity contribution in [1.29, 1.82) is 0 Å². The normalized spacial score (nSPS) is 11.8. The third kappa shape index (κ3) is 4.42. The molecule has 1 amide bonds. The first-order chi connectivity index (χ1) is 19.0. The average molecular weight is 511 g/mol. The molecule has 1 heterocycles. The van der Waals surface area contributed by atoms with Gasteiger partial charge < -0.3 is 15.4 Å². The highest BCUT2D eigenvalue weighted by Crippen LogP contribution is 2.44. The Morgan fingerprint density at radius 1 is 0.897 bits per heavy atom. The van der Waals surface area contributed by atoms with Crippen molar-refractivity contribution >= 4 is 61.6 Å². The SMILES string of the molecule is C/C=C/c1ccc(N=Nc2c(O)c(C(=O)Nc3ccccc3C)cc3ccc4c5ccccc5[nH]c4c23)cc1. The smallest absolute Gasteiger partial charge is 0.259 e. The van der Waals surface area contributed by atoms with Gasteiger partial charge in [0.1, 0.15) is 5.69 Å². The monoisotopic (exact) mass is 510 g/mol. The van der Waals surface area contributed by atoms with E-state index in [4.69, 9.17) is 0 Å². The first kappa shape index (κ1) is 24.1. The minimum atomic E-state index is -0.424. The Kier molecular flexibility index (Phi) is 6.13. The van der Waals surface area contributed by atoms with Crippen molar-refractivity contribution in [1.82, 2.24) is 4.98 Å². The summed E-state index contributed by atoms with van der Waals surface area (Å²) >= 11 is 0. The second-order valence-corrected chi connectivity index (χ2v) is 9.44. The fourth-order valence-electron chi connectivity index (χ4n) is 4.91. The molecule has 3 N–H and O–H groups in total. The van der Waals surface area contributed by atoms with Gasteiger partial charge in [-0.05, 0) is 60.7 Å². The number of phenolic OH excluding ortho intramolecular Hbond substituents is 1. The number of rotatable bonds is 5. The Labute approximate surface area is 225 Å². The second kappa shape index (κ2) is 9.91. The number of hydrogen-bond donors (Lipinski definition) is 3. The third-order valence-corrected chi connectivity index (χ3v) is 6.89. The maximum absolute atomic E-state index is 13.4. The number of benzene rings is 5. The highest BCUT2D eigenvalue weighted by molar-refractivity contribution is 6.22. The molecule has 0 aliphatic carbocycles. The lowest BCUT2D eigenvalue weighted by molar-refractivity contribution is 0.102. The summed E-state index contributed by atoms with van der Waals surface area (Å²) in [5.41, 5.74) is 5.45. The highest BCUT2D eigenvalue weighted by Gasteiger charge is 2.21. The van der Waals surface area contributed by atoms with Gasteiger partial charge in [-0.15, -0.1) is 5.11 Å². The van der Waals surface area contributed by atoms with Gasteiger partial charge in [0.05, 0.1) is 16.8 Å². The molecule has 39 heavy (non-hydrogen) atoms. The van der Waals surface area contributed by atoms with E-state index in [9.17, 15) is 9.90 Å². The van der Waals surface area contributed by atoms with Crippen molar-refractivity contribution in [2.45, 2.75) is 13.8 Å². The van der Waals surface area contributed by atoms with E-state index in [0.717, 1.165) is 38.3 Å². The van der Waals surface area contributed by atoms with Gasteiger partial charge in [-0.2, -0.15) is 5.11 Å². The Morgan fingerprint density at radius 2 is 1.67 bits per heavy atom. The van der Waals surface area contributed by atoms with Crippen molar-refractivity contribution in [2.24, 2.45) is 10.2 Å². The quantitative estimate of drug-likeness (QED) is 0.202. The lowest BCUT2D eigenvalue weighted by atomic mass is 10.00. The molecular formula is C33H26N4O2. The van der Waals surface area contributed by atoms with E-state index in [1.165, 1.54) is 0 Å². The van der Waals surface area contributed by atoms with E-state index in [2.05, 4.69) is 26.6 Å². The van der Waals surface area contributed by atoms with Crippen LogP contribution in [0, 0.1) is 6.92 Å². The van der Waals surface area contributed by atoms with Crippen LogP contribution < -0.4 is 5.32 Å². The molecule has 0 radical (unpaired) electrons. The van der Waals surface area contributed by atoms with E-state index in [1.54, 1.807) is 6.07 Å². The van der Waals surface area contributed by atoms with Crippen molar-refractivity contribution < 1.29 is 9.90 Å². The van der Waals surface area contributed by atoms with Gasteiger partial charge in [0.25, 0.3) is 5.91 Å². The Morgan fingerprint density at radius 3 is 2.46 bits per heavy atom. The number of amides is 1. The van der Waals surface area contributed by atoms with E-state index >= 15 is 0 Å². The summed E-state index contributed by atoms with van der Waals surface area (Å²) in [4.78, 5) is 16.9. The summed E-state index contributed by atoms with van der Waals surface area (Å²) < 4.78 is 0. The van der Waals surface area contributed by atoms with Crippen LogP contribution in [-0.4, -0.2) is 16.0 Å². The predicted octanol–water partition coefficient (Wildman–Crippen LogP) is 9.19. The van der Waals surface area contributed by atoms with E-state index < -0.39 is 5.91 Å². The fourth-order valence-corrected chi connectivity index (χ4v) is 4.91. The summed E-state index contributed by atoms with van der Waals surface area (Å²) in [5.74, 6) is -0.651. The molecule has 6 heteroatoms. The van der Waals surface area contributed by atoms with Crippen LogP contribution in [-0.2, 0) is 0 Å². The number of hydrogen-bond acceptors (Lipinski definition) is 4. The molecule has 0 fully saturated rings. The second-order valence-electron chi connectivity index (χ2n) is 9.44. The largest absolute Gasteiger partial charge is 0.505 e. The number of carbonyl (C=O) groups excluding carboxylic acids is 1. The number of nitrogens with zero attached hydrogens (tertiary/aromatic N) is 2. The number of azo groups is 1. The molecular weight excluding hydrogens is 484 g/mol. The fraction of sp³-hybridized carbons (Fsp3) is 0.0606. The van der Waals surface area contributed by atoms with E-state index in [0.29, 0.717) is 16.8 Å². The van der Waals surface area contributed by atoms with Crippen molar-refractivity contribution in [3.8, 4) is 5.75 Å². The molecule has 190 valence electrons. The molecule has 1 aromatic heterocycles. The molecule has 0 bridgehead atoms. The van der Waals surface area contributed by atoms with Gasteiger partial charge in [0.2, 0.25) is 0 Å². The molecule has 0 saturated carbocycles. The van der Waals surface area contributed by atoms with Crippen molar-refractivity contribution in [3.63, 3.8) is 0 Å². The number of aromatic amines is 1. The van der Waals surface area contributed by atoms with Crippen LogP contribution in [0.5, 0.6) is 5.75 Å². The maximum atomic E-state index is 13.4. The number of aromatic nitrogens is 1. The lowest BCUT2D eigenvalue weighted by Crippen LogP contribution is -2.13. The van der Waals surface area contributed by atoms with E-state index in [-0.39, 0.29) is 17.0 Å². The number of fused-ring (bicyclic) bond motifs is 5. The van der Waals surface area contributed by atoms with Gasteiger partial charge in [0, 0.05) is 27.4 Å². The standard InChI is InChI=1S/C33H26N4O2/c1-3-8-21-13-16-23(17-14-21)36-37-31-29-22(15-18-25-24-10-5-7-12-28(24)34-30(25)29)19-26(32(31)38)33(39)35-27-11-6-4-9-20(27)2/h3-19,34,38H,1-2H3,(H,35,39)/b8-3+,37-36?. The summed E-state index contributed by atoms with van der Waals surface area (Å²) in [6.45, 7) is 3.89. The number of aromatic hydroxyl groups is 1. The van der Waals surface area contributed by atoms with Gasteiger partial charge in [-0.3, -0.25) is 4.79 Å². The molecule has 0 spiro atoms. The zero-order chi connectivity index (χ0) is 26.9.